The number of unbranched alkanes of at least 4 members (excludes halogenated alkanes) is 12. The summed E-state index contributed by atoms with van der Waals surface area (Å²) in [5.74, 6) is -1.39. The van der Waals surface area contributed by atoms with Crippen molar-refractivity contribution in [3.63, 3.8) is 0 Å². The van der Waals surface area contributed by atoms with Gasteiger partial charge in [0.2, 0.25) is 5.91 Å². The van der Waals surface area contributed by atoms with Crippen molar-refractivity contribution in [3.05, 3.63) is 60.8 Å². The summed E-state index contributed by atoms with van der Waals surface area (Å²) in [5, 5.41) is 11.0. The molecule has 6 nitrogen and oxygen atoms in total. The molecule has 0 bridgehead atoms. The second-order valence-electron chi connectivity index (χ2n) is 11.7. The molecule has 0 spiro atoms. The van der Waals surface area contributed by atoms with E-state index in [1.54, 1.807) is 0 Å². The summed E-state index contributed by atoms with van der Waals surface area (Å²) in [6.07, 6.45) is 43.5. The average molecular weight is 628 g/mol. The third-order valence-corrected chi connectivity index (χ3v) is 7.41. The smallest absolute Gasteiger partial charge is 0.322 e. The lowest BCUT2D eigenvalue weighted by molar-refractivity contribution is -0.147. The maximum Gasteiger partial charge on any atom is 0.322 e. The van der Waals surface area contributed by atoms with E-state index in [2.05, 4.69) is 73.8 Å². The van der Waals surface area contributed by atoms with Crippen molar-refractivity contribution in [2.45, 2.75) is 161 Å². The molecule has 0 radical (unpaired) electrons. The number of amides is 1. The Bertz CT molecular complexity index is 871. The molecule has 1 amide bonds. The zero-order chi connectivity index (χ0) is 33.1. The minimum atomic E-state index is -1.04. The van der Waals surface area contributed by atoms with Gasteiger partial charge in [-0.15, -0.1) is 0 Å². The summed E-state index contributed by atoms with van der Waals surface area (Å²) in [6.45, 7) is 4.04. The predicted octanol–water partition coefficient (Wildman–Crippen LogP) is 10.5. The molecule has 0 rings (SSSR count). The number of nitrogens with one attached hydrogen (secondary N) is 1. The monoisotopic (exact) mass is 627 g/mol. The third kappa shape index (κ3) is 33.8. The van der Waals surface area contributed by atoms with Crippen LogP contribution in [0.4, 0.5) is 0 Å². The summed E-state index contributed by atoms with van der Waals surface area (Å²) in [5.41, 5.74) is 0. The van der Waals surface area contributed by atoms with Crippen LogP contribution < -0.4 is 5.32 Å². The predicted molar refractivity (Wildman–Crippen MR) is 189 cm³/mol. The van der Waals surface area contributed by atoms with E-state index in [1.807, 2.05) is 6.08 Å². The zero-order valence-electron chi connectivity index (χ0n) is 28.7. The molecule has 0 saturated carbocycles. The maximum atomic E-state index is 12.6. The maximum absolute atomic E-state index is 12.6. The molecule has 0 aliphatic rings. The Morgan fingerprint density at radius 3 is 1.80 bits per heavy atom. The highest BCUT2D eigenvalue weighted by Gasteiger charge is 2.11. The second-order valence-corrected chi connectivity index (χ2v) is 11.7. The molecule has 45 heavy (non-hydrogen) atoms. The first-order chi connectivity index (χ1) is 22.0. The summed E-state index contributed by atoms with van der Waals surface area (Å²) in [6, 6.07) is 0. The number of esters is 1. The van der Waals surface area contributed by atoms with Crippen molar-refractivity contribution in [1.82, 2.24) is 5.32 Å². The van der Waals surface area contributed by atoms with Crippen molar-refractivity contribution in [1.29, 1.82) is 0 Å². The van der Waals surface area contributed by atoms with Crippen LogP contribution in [0, 0.1) is 0 Å². The Morgan fingerprint density at radius 1 is 0.622 bits per heavy atom. The second kappa shape index (κ2) is 34.0. The largest absolute Gasteiger partial charge is 0.480 e. The van der Waals surface area contributed by atoms with Crippen LogP contribution >= 0.6 is 0 Å². The van der Waals surface area contributed by atoms with Crippen LogP contribution in [0.2, 0.25) is 0 Å². The van der Waals surface area contributed by atoms with Crippen LogP contribution in [-0.2, 0) is 19.1 Å². The summed E-state index contributed by atoms with van der Waals surface area (Å²) in [4.78, 5) is 34.8. The van der Waals surface area contributed by atoms with E-state index in [9.17, 15) is 14.4 Å². The minimum absolute atomic E-state index is 0.124. The Hall–Kier alpha value is -2.89. The number of ether oxygens (including phenoxy) is 1. The molecule has 0 saturated heterocycles. The Balaban J connectivity index is 4.23. The fourth-order valence-corrected chi connectivity index (χ4v) is 4.77. The van der Waals surface area contributed by atoms with Gasteiger partial charge in [0.15, 0.2) is 0 Å². The van der Waals surface area contributed by atoms with Gasteiger partial charge in [-0.25, -0.2) is 0 Å². The van der Waals surface area contributed by atoms with Gasteiger partial charge < -0.3 is 15.2 Å². The van der Waals surface area contributed by atoms with E-state index in [0.717, 1.165) is 83.5 Å². The van der Waals surface area contributed by atoms with Gasteiger partial charge in [-0.05, 0) is 83.1 Å². The number of carbonyl (C=O) groups excluding carboxylic acids is 2. The van der Waals surface area contributed by atoms with E-state index < -0.39 is 5.97 Å². The third-order valence-electron chi connectivity index (χ3n) is 7.41. The Morgan fingerprint density at radius 2 is 1.16 bits per heavy atom. The van der Waals surface area contributed by atoms with Crippen LogP contribution in [0.25, 0.3) is 0 Å². The average Bonchev–Trinajstić information content (AvgIpc) is 3.02. The van der Waals surface area contributed by atoms with Crippen LogP contribution in [0.5, 0.6) is 0 Å². The number of hydrogen-bond donors (Lipinski definition) is 2. The number of hydrogen-bond acceptors (Lipinski definition) is 4. The van der Waals surface area contributed by atoms with E-state index in [4.69, 9.17) is 9.84 Å². The van der Waals surface area contributed by atoms with Crippen LogP contribution in [-0.4, -0.2) is 35.6 Å². The molecule has 0 aromatic heterocycles. The number of carboxylic acids is 1. The summed E-state index contributed by atoms with van der Waals surface area (Å²) >= 11 is 0. The quantitative estimate of drug-likeness (QED) is 0.0453. The highest BCUT2D eigenvalue weighted by Crippen LogP contribution is 2.14. The Labute approximate surface area is 275 Å². The van der Waals surface area contributed by atoms with Crippen LogP contribution in [0.3, 0.4) is 0 Å². The van der Waals surface area contributed by atoms with Crippen molar-refractivity contribution < 1.29 is 24.2 Å². The van der Waals surface area contributed by atoms with E-state index in [-0.39, 0.29) is 24.5 Å². The topological polar surface area (TPSA) is 92.7 Å². The van der Waals surface area contributed by atoms with Gasteiger partial charge in [0.05, 0.1) is 0 Å². The molecule has 0 heterocycles. The molecule has 2 N–H and O–H groups in total. The van der Waals surface area contributed by atoms with Gasteiger partial charge in [-0.3, -0.25) is 14.4 Å². The molecule has 0 aromatic rings. The highest BCUT2D eigenvalue weighted by molar-refractivity contribution is 5.80. The fraction of sp³-hybridized carbons (Fsp3) is 0.667. The Kier molecular flexibility index (Phi) is 31.8. The standard InChI is InChI=1S/C39H65NO5/c1-3-5-7-9-11-13-14-15-16-17-18-19-20-22-24-30-34-39(44)45-36(31-27-23-21-12-10-8-6-4-2)32-28-25-26-29-33-37(41)40-35-38(42)43/h6,8,12-14,16-17,21,27,31,36H,3-5,7,9-11,15,18-20,22-26,28-30,32-35H2,1-2H3,(H,40,41)(H,42,43)/b8-6-,14-13-,17-16-,21-12-,31-27-. The zero-order valence-corrected chi connectivity index (χ0v) is 28.7. The SMILES string of the molecule is CC/C=C\C/C=C\C/C=C\C(CCCCCCC(=O)NCC(=O)O)OC(=O)CCCCCCC/C=C\C/C=C\CCCCCC. The normalized spacial score (nSPS) is 12.8. The number of carbonyl (C=O) groups is 3. The number of aliphatic carboxylic acids is 1. The first-order valence-electron chi connectivity index (χ1n) is 17.9. The lowest BCUT2D eigenvalue weighted by atomic mass is 10.1. The highest BCUT2D eigenvalue weighted by atomic mass is 16.5. The molecule has 1 atom stereocenters. The molecular formula is C39H65NO5. The first kappa shape index (κ1) is 42.1. The van der Waals surface area contributed by atoms with Crippen molar-refractivity contribution >= 4 is 17.8 Å². The molecule has 0 aliphatic heterocycles. The molecule has 1 unspecified atom stereocenters. The van der Waals surface area contributed by atoms with Gasteiger partial charge in [0.25, 0.3) is 0 Å². The number of rotatable bonds is 31. The molecule has 0 aliphatic carbocycles. The van der Waals surface area contributed by atoms with Crippen LogP contribution in [0.1, 0.15) is 155 Å². The fourth-order valence-electron chi connectivity index (χ4n) is 4.77. The van der Waals surface area contributed by atoms with Gasteiger partial charge in [-0.1, -0.05) is 120 Å². The van der Waals surface area contributed by atoms with Crippen molar-refractivity contribution in [2.24, 2.45) is 0 Å². The summed E-state index contributed by atoms with van der Waals surface area (Å²) < 4.78 is 5.84. The minimum Gasteiger partial charge on any atom is -0.480 e. The van der Waals surface area contributed by atoms with Gasteiger partial charge in [-0.2, -0.15) is 0 Å². The van der Waals surface area contributed by atoms with Gasteiger partial charge in [0, 0.05) is 12.8 Å². The number of carboxylic acid groups (broad SMARTS) is 1. The molecule has 0 aromatic carbocycles. The molecular weight excluding hydrogens is 562 g/mol. The lowest BCUT2D eigenvalue weighted by Crippen LogP contribution is -2.28. The van der Waals surface area contributed by atoms with Crippen LogP contribution in [0.15, 0.2) is 60.8 Å². The van der Waals surface area contributed by atoms with Gasteiger partial charge in [0.1, 0.15) is 12.6 Å². The number of allylic oxidation sites excluding steroid dienone is 9. The summed E-state index contributed by atoms with van der Waals surface area (Å²) in [7, 11) is 0. The lowest BCUT2D eigenvalue weighted by Gasteiger charge is -2.14. The van der Waals surface area contributed by atoms with E-state index in [0.29, 0.717) is 12.8 Å². The van der Waals surface area contributed by atoms with Gasteiger partial charge >= 0.3 is 11.9 Å². The first-order valence-corrected chi connectivity index (χ1v) is 17.9. The molecule has 0 fully saturated rings. The molecule has 256 valence electrons. The van der Waals surface area contributed by atoms with Crippen molar-refractivity contribution in [2.75, 3.05) is 6.54 Å². The molecule has 6 heteroatoms. The van der Waals surface area contributed by atoms with E-state index in [1.165, 1.54) is 44.9 Å². The van der Waals surface area contributed by atoms with E-state index >= 15 is 0 Å². The van der Waals surface area contributed by atoms with Crippen molar-refractivity contribution in [3.8, 4) is 0 Å².